The Kier molecular flexibility index (Phi) is 12.4. The van der Waals surface area contributed by atoms with E-state index in [9.17, 15) is 9.59 Å². The third-order valence-electron chi connectivity index (χ3n) is 10.9. The molecule has 0 radical (unpaired) electrons. The summed E-state index contributed by atoms with van der Waals surface area (Å²) in [4.78, 5) is 34.4. The number of hydrogen-bond acceptors (Lipinski definition) is 8. The van der Waals surface area contributed by atoms with Crippen molar-refractivity contribution in [2.45, 2.75) is 60.6 Å². The normalized spacial score (nSPS) is 12.9. The van der Waals surface area contributed by atoms with Crippen LogP contribution in [-0.2, 0) is 36.2 Å². The van der Waals surface area contributed by atoms with E-state index in [4.69, 9.17) is 30.9 Å². The van der Waals surface area contributed by atoms with Gasteiger partial charge in [-0.25, -0.2) is 4.79 Å². The highest BCUT2D eigenvalue weighted by Crippen LogP contribution is 2.39. The van der Waals surface area contributed by atoms with E-state index in [1.54, 1.807) is 13.1 Å². The lowest BCUT2D eigenvalue weighted by atomic mass is 9.98. The summed E-state index contributed by atoms with van der Waals surface area (Å²) in [5.41, 5.74) is 10.0. The largest absolute Gasteiger partial charge is 0.494 e. The lowest BCUT2D eigenvalue weighted by Crippen LogP contribution is -2.48. The number of para-hydroxylation sites is 1. The van der Waals surface area contributed by atoms with E-state index in [0.29, 0.717) is 31.7 Å². The van der Waals surface area contributed by atoms with Crippen molar-refractivity contribution in [3.8, 4) is 22.6 Å². The maximum absolute atomic E-state index is 14.1. The van der Waals surface area contributed by atoms with E-state index in [2.05, 4.69) is 45.6 Å². The maximum atomic E-state index is 14.1. The van der Waals surface area contributed by atoms with Gasteiger partial charge in [0, 0.05) is 92.0 Å². The molecule has 11 nitrogen and oxygen atoms in total. The summed E-state index contributed by atoms with van der Waals surface area (Å²) >= 11 is 6.42. The zero-order valence-electron chi connectivity index (χ0n) is 34.2. The molecule has 1 amide bonds. The summed E-state index contributed by atoms with van der Waals surface area (Å²) < 4.78 is 22.4. The predicted octanol–water partition coefficient (Wildman–Crippen LogP) is 8.50. The second-order valence-corrected chi connectivity index (χ2v) is 15.2. The standard InChI is InChI=1S/C46H51ClN6O5/c1-7-56-46(55)45-39(14-10-24-57-37-25-30(2)43(47)31(3)26-37)38-12-8-13-40(44(38)53(45)28-34-11-9-19-48-27-34)42-32(4)50(6)49-41(42)29-58-36-17-15-35(16-18-36)52-22-20-51(21-23-52)33(5)54/h8-9,11-13,15-19,25-27H,7,10,14,20-24,28-29H2,1-6H3. The first-order valence-electron chi connectivity index (χ1n) is 19.9. The average molecular weight is 803 g/mol. The van der Waals surface area contributed by atoms with Crippen molar-refractivity contribution in [3.05, 3.63) is 123 Å². The Morgan fingerprint density at radius 1 is 0.897 bits per heavy atom. The molecule has 12 heteroatoms. The maximum Gasteiger partial charge on any atom is 0.355 e. The van der Waals surface area contributed by atoms with Crippen LogP contribution in [0.4, 0.5) is 5.69 Å². The summed E-state index contributed by atoms with van der Waals surface area (Å²) in [5.74, 6) is 1.25. The zero-order valence-corrected chi connectivity index (χ0v) is 34.9. The fourth-order valence-electron chi connectivity index (χ4n) is 7.94. The van der Waals surface area contributed by atoms with Gasteiger partial charge in [0.2, 0.25) is 5.91 Å². The van der Waals surface area contributed by atoms with E-state index >= 15 is 0 Å². The smallest absolute Gasteiger partial charge is 0.355 e. The number of amides is 1. The monoisotopic (exact) mass is 802 g/mol. The van der Waals surface area contributed by atoms with Gasteiger partial charge in [-0.2, -0.15) is 5.10 Å². The number of anilines is 1. The summed E-state index contributed by atoms with van der Waals surface area (Å²) in [6, 6.07) is 22.2. The number of rotatable bonds is 14. The van der Waals surface area contributed by atoms with Gasteiger partial charge in [-0.1, -0.05) is 35.9 Å². The molecule has 0 aliphatic carbocycles. The van der Waals surface area contributed by atoms with Gasteiger partial charge in [-0.15, -0.1) is 0 Å². The molecule has 6 aromatic rings. The Balaban J connectivity index is 1.22. The summed E-state index contributed by atoms with van der Waals surface area (Å²) in [6.45, 7) is 13.8. The molecule has 0 spiro atoms. The molecule has 0 unspecified atom stereocenters. The lowest BCUT2D eigenvalue weighted by molar-refractivity contribution is -0.129. The molecule has 1 aliphatic rings. The second kappa shape index (κ2) is 17.8. The Bertz CT molecular complexity index is 2390. The number of hydrogen-bond donors (Lipinski definition) is 0. The fraction of sp³-hybridized carbons (Fsp3) is 0.348. The predicted molar refractivity (Wildman–Crippen MR) is 228 cm³/mol. The van der Waals surface area contributed by atoms with Crippen LogP contribution in [0.1, 0.15) is 64.4 Å². The fourth-order valence-corrected chi connectivity index (χ4v) is 8.05. The van der Waals surface area contributed by atoms with E-state index in [0.717, 1.165) is 104 Å². The van der Waals surface area contributed by atoms with Gasteiger partial charge >= 0.3 is 5.97 Å². The van der Waals surface area contributed by atoms with Crippen LogP contribution in [0.25, 0.3) is 22.0 Å². The van der Waals surface area contributed by atoms with E-state index in [-0.39, 0.29) is 25.1 Å². The Hall–Kier alpha value is -5.81. The number of benzene rings is 3. The SMILES string of the molecule is CCOC(=O)c1c(CCCOc2cc(C)c(Cl)c(C)c2)c2cccc(-c3c(COc4ccc(N5CCN(C(C)=O)CC5)cc4)nn(C)c3C)c2n1Cc1cccnc1. The third kappa shape index (κ3) is 8.55. The molecule has 3 aromatic heterocycles. The number of esters is 1. The second-order valence-electron chi connectivity index (χ2n) is 14.8. The van der Waals surface area contributed by atoms with Crippen LogP contribution in [0.2, 0.25) is 5.02 Å². The molecule has 4 heterocycles. The van der Waals surface area contributed by atoms with Crippen LogP contribution >= 0.6 is 11.6 Å². The minimum atomic E-state index is -0.371. The van der Waals surface area contributed by atoms with Gasteiger partial charge in [-0.3, -0.25) is 14.5 Å². The van der Waals surface area contributed by atoms with E-state index in [1.165, 1.54) is 0 Å². The zero-order chi connectivity index (χ0) is 40.9. The van der Waals surface area contributed by atoms with Crippen LogP contribution in [0.3, 0.4) is 0 Å². The highest BCUT2D eigenvalue weighted by atomic mass is 35.5. The van der Waals surface area contributed by atoms with E-state index in [1.807, 2.05) is 86.1 Å². The Labute approximate surface area is 345 Å². The van der Waals surface area contributed by atoms with Crippen molar-refractivity contribution < 1.29 is 23.8 Å². The number of carbonyl (C=O) groups excluding carboxylic acids is 2. The first kappa shape index (κ1) is 40.4. The van der Waals surface area contributed by atoms with Crippen molar-refractivity contribution in [2.24, 2.45) is 7.05 Å². The highest BCUT2D eigenvalue weighted by Gasteiger charge is 2.28. The molecule has 0 bridgehead atoms. The number of pyridine rings is 1. The van der Waals surface area contributed by atoms with Crippen LogP contribution in [0, 0.1) is 20.8 Å². The lowest BCUT2D eigenvalue weighted by Gasteiger charge is -2.35. The molecule has 58 heavy (non-hydrogen) atoms. The molecular formula is C46H51ClN6O5. The highest BCUT2D eigenvalue weighted by molar-refractivity contribution is 6.32. The Morgan fingerprint density at radius 3 is 2.31 bits per heavy atom. The number of ether oxygens (including phenoxy) is 3. The van der Waals surface area contributed by atoms with Gasteiger partial charge in [0.05, 0.1) is 18.7 Å². The van der Waals surface area contributed by atoms with Crippen molar-refractivity contribution in [1.82, 2.24) is 24.2 Å². The van der Waals surface area contributed by atoms with Crippen LogP contribution in [-0.4, -0.2) is 75.5 Å². The van der Waals surface area contributed by atoms with E-state index < -0.39 is 0 Å². The Morgan fingerprint density at radius 2 is 1.64 bits per heavy atom. The number of nitrogens with zero attached hydrogens (tertiary/aromatic N) is 6. The van der Waals surface area contributed by atoms with Crippen molar-refractivity contribution in [2.75, 3.05) is 44.3 Å². The molecular weight excluding hydrogens is 752 g/mol. The summed E-state index contributed by atoms with van der Waals surface area (Å²) in [7, 11) is 1.94. The molecule has 0 atom stereocenters. The summed E-state index contributed by atoms with van der Waals surface area (Å²) in [6.07, 6.45) is 4.84. The minimum Gasteiger partial charge on any atom is -0.494 e. The molecule has 1 saturated heterocycles. The summed E-state index contributed by atoms with van der Waals surface area (Å²) in [5, 5.41) is 6.67. The van der Waals surface area contributed by atoms with Crippen LogP contribution in [0.15, 0.2) is 79.1 Å². The van der Waals surface area contributed by atoms with Crippen LogP contribution in [0.5, 0.6) is 11.5 Å². The number of aryl methyl sites for hydroxylation is 4. The number of carbonyl (C=O) groups is 2. The number of piperazine rings is 1. The van der Waals surface area contributed by atoms with Crippen molar-refractivity contribution >= 4 is 40.1 Å². The first-order valence-corrected chi connectivity index (χ1v) is 20.3. The van der Waals surface area contributed by atoms with Gasteiger partial charge < -0.3 is 28.6 Å². The van der Waals surface area contributed by atoms with Crippen molar-refractivity contribution in [3.63, 3.8) is 0 Å². The molecule has 0 saturated carbocycles. The molecule has 302 valence electrons. The third-order valence-corrected chi connectivity index (χ3v) is 11.5. The van der Waals surface area contributed by atoms with Crippen LogP contribution < -0.4 is 14.4 Å². The molecule has 1 fully saturated rings. The first-order chi connectivity index (χ1) is 28.0. The van der Waals surface area contributed by atoms with Gasteiger partial charge in [0.1, 0.15) is 29.5 Å². The number of halogens is 1. The van der Waals surface area contributed by atoms with Crippen molar-refractivity contribution in [1.29, 1.82) is 0 Å². The number of fused-ring (bicyclic) bond motifs is 1. The molecule has 3 aromatic carbocycles. The van der Waals surface area contributed by atoms with Gasteiger partial charge in [0.25, 0.3) is 0 Å². The van der Waals surface area contributed by atoms with Gasteiger partial charge in [-0.05, 0) is 105 Å². The average Bonchev–Trinajstić information content (AvgIpc) is 3.69. The van der Waals surface area contributed by atoms with Gasteiger partial charge in [0.15, 0.2) is 0 Å². The quantitative estimate of drug-likeness (QED) is 0.0799. The molecule has 0 N–H and O–H groups in total. The molecule has 1 aliphatic heterocycles. The minimum absolute atomic E-state index is 0.117. The topological polar surface area (TPSA) is 104 Å². The molecule has 7 rings (SSSR count). The number of aromatic nitrogens is 4.